The lowest BCUT2D eigenvalue weighted by Gasteiger charge is -2.06. The van der Waals surface area contributed by atoms with Gasteiger partial charge in [-0.15, -0.1) is 0 Å². The van der Waals surface area contributed by atoms with Crippen LogP contribution in [0.4, 0.5) is 0 Å². The molecule has 1 heterocycles. The number of carbonyl (C=O) groups excluding carboxylic acids is 1. The summed E-state index contributed by atoms with van der Waals surface area (Å²) >= 11 is 0. The average molecular weight is 265 g/mol. The quantitative estimate of drug-likeness (QED) is 0.665. The predicted molar refractivity (Wildman–Crippen MR) is 74.8 cm³/mol. The van der Waals surface area contributed by atoms with Gasteiger partial charge >= 0.3 is 0 Å². The predicted octanol–water partition coefficient (Wildman–Crippen LogP) is 1.62. The molecule has 3 N–H and O–H groups in total. The van der Waals surface area contributed by atoms with E-state index in [-0.39, 0.29) is 5.91 Å². The Labute approximate surface area is 114 Å². The van der Waals surface area contributed by atoms with Crippen LogP contribution in [0.5, 0.6) is 5.88 Å². The number of hydrogen-bond donors (Lipinski definition) is 2. The number of amides is 1. The summed E-state index contributed by atoms with van der Waals surface area (Å²) < 4.78 is 5.03. The van der Waals surface area contributed by atoms with Crippen LogP contribution < -0.4 is 15.8 Å². The molecule has 0 spiro atoms. The molecule has 106 valence electrons. The van der Waals surface area contributed by atoms with Crippen LogP contribution in [0.15, 0.2) is 18.3 Å². The van der Waals surface area contributed by atoms with Gasteiger partial charge in [0.05, 0.1) is 7.11 Å². The summed E-state index contributed by atoms with van der Waals surface area (Å²) in [6.45, 7) is 1.25. The Morgan fingerprint density at radius 3 is 2.89 bits per heavy atom. The van der Waals surface area contributed by atoms with Gasteiger partial charge in [0.2, 0.25) is 11.8 Å². The van der Waals surface area contributed by atoms with Gasteiger partial charge in [-0.3, -0.25) is 4.79 Å². The lowest BCUT2D eigenvalue weighted by molar-refractivity contribution is -0.121. The van der Waals surface area contributed by atoms with E-state index in [9.17, 15) is 4.79 Å². The van der Waals surface area contributed by atoms with Gasteiger partial charge in [-0.1, -0.05) is 12.8 Å². The molecule has 0 saturated heterocycles. The molecule has 0 fully saturated rings. The smallest absolute Gasteiger partial charge is 0.220 e. The molecular formula is C14H23N3O2. The number of rotatable bonds is 9. The fourth-order valence-electron chi connectivity index (χ4n) is 1.74. The maximum Gasteiger partial charge on any atom is 0.220 e. The van der Waals surface area contributed by atoms with Crippen molar-refractivity contribution < 1.29 is 9.53 Å². The molecule has 1 aromatic rings. The van der Waals surface area contributed by atoms with E-state index < -0.39 is 0 Å². The molecule has 0 unspecified atom stereocenters. The number of hydrogen-bond acceptors (Lipinski definition) is 4. The van der Waals surface area contributed by atoms with E-state index in [2.05, 4.69) is 10.3 Å². The third-order valence-electron chi connectivity index (χ3n) is 2.86. The van der Waals surface area contributed by atoms with Crippen LogP contribution in [0, 0.1) is 0 Å². The Morgan fingerprint density at radius 1 is 1.37 bits per heavy atom. The van der Waals surface area contributed by atoms with Gasteiger partial charge in [0.15, 0.2) is 0 Å². The van der Waals surface area contributed by atoms with Gasteiger partial charge in [0.25, 0.3) is 0 Å². The Bertz CT molecular complexity index is 383. The molecule has 0 bridgehead atoms. The Balaban J connectivity index is 2.18. The zero-order valence-electron chi connectivity index (χ0n) is 11.5. The molecule has 19 heavy (non-hydrogen) atoms. The van der Waals surface area contributed by atoms with E-state index in [1.807, 2.05) is 12.1 Å². The molecule has 0 aliphatic heterocycles. The molecule has 0 atom stereocenters. The number of aromatic nitrogens is 1. The number of unbranched alkanes of at least 4 members (excludes halogenated alkanes) is 3. The third kappa shape index (κ3) is 6.76. The van der Waals surface area contributed by atoms with Gasteiger partial charge < -0.3 is 15.8 Å². The maximum absolute atomic E-state index is 11.6. The molecule has 1 rings (SSSR count). The molecule has 5 nitrogen and oxygen atoms in total. The van der Waals surface area contributed by atoms with Crippen molar-refractivity contribution >= 4 is 5.91 Å². The largest absolute Gasteiger partial charge is 0.481 e. The summed E-state index contributed by atoms with van der Waals surface area (Å²) in [5, 5.41) is 2.89. The summed E-state index contributed by atoms with van der Waals surface area (Å²) in [6, 6.07) is 3.69. The SMILES string of the molecule is COc1cc(CNC(=O)CCCCCCN)ccn1. The highest BCUT2D eigenvalue weighted by Gasteiger charge is 2.02. The van der Waals surface area contributed by atoms with Crippen molar-refractivity contribution in [2.75, 3.05) is 13.7 Å². The number of nitrogens with two attached hydrogens (primary N) is 1. The number of nitrogens with one attached hydrogen (secondary N) is 1. The molecule has 0 aliphatic carbocycles. The minimum absolute atomic E-state index is 0.0866. The van der Waals surface area contributed by atoms with Gasteiger partial charge in [-0.05, 0) is 31.0 Å². The van der Waals surface area contributed by atoms with Crippen molar-refractivity contribution in [2.24, 2.45) is 5.73 Å². The lowest BCUT2D eigenvalue weighted by Crippen LogP contribution is -2.22. The summed E-state index contributed by atoms with van der Waals surface area (Å²) in [5.74, 6) is 0.650. The second kappa shape index (κ2) is 9.33. The van der Waals surface area contributed by atoms with Crippen molar-refractivity contribution in [1.29, 1.82) is 0 Å². The summed E-state index contributed by atoms with van der Waals surface area (Å²) in [6.07, 6.45) is 6.38. The van der Waals surface area contributed by atoms with Crippen LogP contribution in [0.2, 0.25) is 0 Å². The number of ether oxygens (including phenoxy) is 1. The topological polar surface area (TPSA) is 77.2 Å². The molecule has 5 heteroatoms. The zero-order chi connectivity index (χ0) is 13.9. The Hall–Kier alpha value is -1.62. The van der Waals surface area contributed by atoms with Crippen molar-refractivity contribution in [2.45, 2.75) is 38.6 Å². The Morgan fingerprint density at radius 2 is 2.16 bits per heavy atom. The summed E-state index contributed by atoms with van der Waals surface area (Å²) in [5.41, 5.74) is 6.40. The standard InChI is InChI=1S/C14H23N3O2/c1-19-14-10-12(7-9-16-14)11-17-13(18)6-4-2-3-5-8-15/h7,9-10H,2-6,8,11,15H2,1H3,(H,17,18). The molecule has 0 aromatic carbocycles. The van der Waals surface area contributed by atoms with Crippen molar-refractivity contribution in [3.8, 4) is 5.88 Å². The van der Waals surface area contributed by atoms with Crippen molar-refractivity contribution in [3.63, 3.8) is 0 Å². The van der Waals surface area contributed by atoms with Crippen LogP contribution in [-0.2, 0) is 11.3 Å². The van der Waals surface area contributed by atoms with Gasteiger partial charge in [0.1, 0.15) is 0 Å². The minimum Gasteiger partial charge on any atom is -0.481 e. The first-order chi connectivity index (χ1) is 9.26. The van der Waals surface area contributed by atoms with Gasteiger partial charge in [0, 0.05) is 25.2 Å². The normalized spacial score (nSPS) is 10.2. The molecule has 1 amide bonds. The van der Waals surface area contributed by atoms with E-state index in [4.69, 9.17) is 10.5 Å². The van der Waals surface area contributed by atoms with E-state index in [0.717, 1.165) is 37.8 Å². The molecule has 0 radical (unpaired) electrons. The molecule has 0 aliphatic rings. The zero-order valence-corrected chi connectivity index (χ0v) is 11.5. The first kappa shape index (κ1) is 15.4. The number of methoxy groups -OCH3 is 1. The van der Waals surface area contributed by atoms with E-state index in [1.54, 1.807) is 13.3 Å². The second-order valence-electron chi connectivity index (χ2n) is 4.44. The van der Waals surface area contributed by atoms with E-state index >= 15 is 0 Å². The van der Waals surface area contributed by atoms with Crippen LogP contribution in [0.1, 0.15) is 37.7 Å². The monoisotopic (exact) mass is 265 g/mol. The fourth-order valence-corrected chi connectivity index (χ4v) is 1.74. The molecule has 0 saturated carbocycles. The number of nitrogens with zero attached hydrogens (tertiary/aromatic N) is 1. The highest BCUT2D eigenvalue weighted by Crippen LogP contribution is 2.08. The average Bonchev–Trinajstić information content (AvgIpc) is 2.45. The summed E-state index contributed by atoms with van der Waals surface area (Å²) in [7, 11) is 1.58. The van der Waals surface area contributed by atoms with Gasteiger partial charge in [-0.2, -0.15) is 0 Å². The van der Waals surface area contributed by atoms with Crippen LogP contribution >= 0.6 is 0 Å². The van der Waals surface area contributed by atoms with Gasteiger partial charge in [-0.25, -0.2) is 4.98 Å². The van der Waals surface area contributed by atoms with Crippen LogP contribution in [0.25, 0.3) is 0 Å². The van der Waals surface area contributed by atoms with Crippen LogP contribution in [-0.4, -0.2) is 24.5 Å². The summed E-state index contributed by atoms with van der Waals surface area (Å²) in [4.78, 5) is 15.6. The highest BCUT2D eigenvalue weighted by molar-refractivity contribution is 5.75. The fraction of sp³-hybridized carbons (Fsp3) is 0.571. The first-order valence-corrected chi connectivity index (χ1v) is 6.72. The second-order valence-corrected chi connectivity index (χ2v) is 4.44. The minimum atomic E-state index is 0.0866. The molecular weight excluding hydrogens is 242 g/mol. The number of carbonyl (C=O) groups is 1. The maximum atomic E-state index is 11.6. The lowest BCUT2D eigenvalue weighted by atomic mass is 10.1. The van der Waals surface area contributed by atoms with Crippen molar-refractivity contribution in [1.82, 2.24) is 10.3 Å². The van der Waals surface area contributed by atoms with E-state index in [0.29, 0.717) is 18.8 Å². The Kier molecular flexibility index (Phi) is 7.58. The first-order valence-electron chi connectivity index (χ1n) is 6.72. The van der Waals surface area contributed by atoms with E-state index in [1.165, 1.54) is 0 Å². The molecule has 1 aromatic heterocycles. The van der Waals surface area contributed by atoms with Crippen molar-refractivity contribution in [3.05, 3.63) is 23.9 Å². The number of pyridine rings is 1. The highest BCUT2D eigenvalue weighted by atomic mass is 16.5. The van der Waals surface area contributed by atoms with Crippen LogP contribution in [0.3, 0.4) is 0 Å². The third-order valence-corrected chi connectivity index (χ3v) is 2.86.